The fraction of sp³-hybridized carbons (Fsp3) is 1.00. The van der Waals surface area contributed by atoms with E-state index in [-0.39, 0.29) is 0 Å². The molecule has 1 N–H and O–H groups in total. The van der Waals surface area contributed by atoms with E-state index in [1.54, 1.807) is 0 Å². The topological polar surface area (TPSA) is 26.7 Å². The number of rotatable bonds is 2. The van der Waals surface area contributed by atoms with Crippen LogP contribution in [0.5, 0.6) is 0 Å². The normalized spacial score (nSPS) is 25.4. The Balaban J connectivity index is 0.000000686. The van der Waals surface area contributed by atoms with Crippen molar-refractivity contribution < 1.29 is 5.11 Å². The van der Waals surface area contributed by atoms with Crippen LogP contribution in [0.15, 0.2) is 0 Å². The number of likely N-dealkylation sites (tertiary alicyclic amines) is 2. The predicted octanol–water partition coefficient (Wildman–Crippen LogP) is 1.81. The maximum absolute atomic E-state index is 9.10. The number of piperidine rings is 2. The SMILES string of the molecule is CC.CN1CCC(N2CCC(CO)CC2)CC1. The molecule has 0 unspecified atom stereocenters. The third kappa shape index (κ3) is 4.57. The van der Waals surface area contributed by atoms with Crippen molar-refractivity contribution in [2.45, 2.75) is 45.6 Å². The molecule has 2 aliphatic rings. The molecule has 102 valence electrons. The fourth-order valence-corrected chi connectivity index (χ4v) is 2.86. The Morgan fingerprint density at radius 3 is 1.94 bits per heavy atom. The van der Waals surface area contributed by atoms with Crippen LogP contribution in [0.3, 0.4) is 0 Å². The van der Waals surface area contributed by atoms with Gasteiger partial charge in [-0.05, 0) is 64.8 Å². The first-order chi connectivity index (χ1) is 8.29. The average molecular weight is 242 g/mol. The van der Waals surface area contributed by atoms with Gasteiger partial charge in [0.15, 0.2) is 0 Å². The molecule has 17 heavy (non-hydrogen) atoms. The summed E-state index contributed by atoms with van der Waals surface area (Å²) in [5, 5.41) is 9.10. The van der Waals surface area contributed by atoms with E-state index in [0.717, 1.165) is 6.04 Å². The van der Waals surface area contributed by atoms with Crippen LogP contribution >= 0.6 is 0 Å². The van der Waals surface area contributed by atoms with Gasteiger partial charge in [0.1, 0.15) is 0 Å². The van der Waals surface area contributed by atoms with Crippen molar-refractivity contribution in [2.24, 2.45) is 5.92 Å². The monoisotopic (exact) mass is 242 g/mol. The van der Waals surface area contributed by atoms with Crippen molar-refractivity contribution in [1.82, 2.24) is 9.80 Å². The zero-order chi connectivity index (χ0) is 12.7. The quantitative estimate of drug-likeness (QED) is 0.800. The standard InChI is InChI=1S/C12H24N2O.C2H6/c1-13-6-4-12(5-7-13)14-8-2-11(10-15)3-9-14;1-2/h11-12,15H,2-10H2,1H3;1-2H3. The zero-order valence-corrected chi connectivity index (χ0v) is 11.9. The Morgan fingerprint density at radius 1 is 0.941 bits per heavy atom. The van der Waals surface area contributed by atoms with Crippen LogP contribution < -0.4 is 0 Å². The van der Waals surface area contributed by atoms with Crippen molar-refractivity contribution in [3.05, 3.63) is 0 Å². The number of aliphatic hydroxyl groups excluding tert-OH is 1. The van der Waals surface area contributed by atoms with E-state index in [4.69, 9.17) is 5.11 Å². The third-order valence-electron chi connectivity index (χ3n) is 4.11. The molecule has 2 heterocycles. The van der Waals surface area contributed by atoms with Gasteiger partial charge in [0, 0.05) is 12.6 Å². The molecule has 0 saturated carbocycles. The average Bonchev–Trinajstić information content (AvgIpc) is 2.42. The van der Waals surface area contributed by atoms with Gasteiger partial charge in [-0.1, -0.05) is 13.8 Å². The highest BCUT2D eigenvalue weighted by molar-refractivity contribution is 4.82. The highest BCUT2D eigenvalue weighted by Gasteiger charge is 2.26. The molecule has 2 aliphatic heterocycles. The van der Waals surface area contributed by atoms with Gasteiger partial charge in [0.2, 0.25) is 0 Å². The lowest BCUT2D eigenvalue weighted by atomic mass is 9.94. The Bertz CT molecular complexity index is 183. The number of aliphatic hydroxyl groups is 1. The summed E-state index contributed by atoms with van der Waals surface area (Å²) in [7, 11) is 2.22. The van der Waals surface area contributed by atoms with Crippen LogP contribution in [-0.4, -0.2) is 60.8 Å². The molecule has 0 aromatic heterocycles. The van der Waals surface area contributed by atoms with E-state index in [9.17, 15) is 0 Å². The van der Waals surface area contributed by atoms with Crippen LogP contribution in [0.25, 0.3) is 0 Å². The van der Waals surface area contributed by atoms with E-state index < -0.39 is 0 Å². The molecule has 3 heteroatoms. The minimum Gasteiger partial charge on any atom is -0.396 e. The van der Waals surface area contributed by atoms with Crippen LogP contribution in [0, 0.1) is 5.92 Å². The largest absolute Gasteiger partial charge is 0.396 e. The van der Waals surface area contributed by atoms with E-state index in [1.807, 2.05) is 13.8 Å². The Hall–Kier alpha value is -0.120. The molecule has 2 rings (SSSR count). The smallest absolute Gasteiger partial charge is 0.0460 e. The summed E-state index contributed by atoms with van der Waals surface area (Å²) in [5.41, 5.74) is 0. The van der Waals surface area contributed by atoms with Crippen molar-refractivity contribution in [2.75, 3.05) is 39.8 Å². The molecule has 2 fully saturated rings. The lowest BCUT2D eigenvalue weighted by Gasteiger charge is -2.40. The Labute approximate surface area is 107 Å². The minimum atomic E-state index is 0.390. The predicted molar refractivity (Wildman–Crippen MR) is 73.2 cm³/mol. The number of hydrogen-bond donors (Lipinski definition) is 1. The molecule has 0 bridgehead atoms. The Kier molecular flexibility index (Phi) is 7.09. The number of hydrogen-bond acceptors (Lipinski definition) is 3. The maximum atomic E-state index is 9.10. The first-order valence-electron chi connectivity index (χ1n) is 7.33. The van der Waals surface area contributed by atoms with Crippen LogP contribution in [-0.2, 0) is 0 Å². The lowest BCUT2D eigenvalue weighted by molar-refractivity contribution is 0.0694. The second-order valence-electron chi connectivity index (χ2n) is 5.20. The summed E-state index contributed by atoms with van der Waals surface area (Å²) in [6.07, 6.45) is 5.06. The summed E-state index contributed by atoms with van der Waals surface area (Å²) < 4.78 is 0. The van der Waals surface area contributed by atoms with E-state index in [2.05, 4.69) is 16.8 Å². The summed E-state index contributed by atoms with van der Waals surface area (Å²) in [6, 6.07) is 0.820. The van der Waals surface area contributed by atoms with Gasteiger partial charge in [0.05, 0.1) is 0 Å². The lowest BCUT2D eigenvalue weighted by Crippen LogP contribution is -2.47. The summed E-state index contributed by atoms with van der Waals surface area (Å²) in [6.45, 7) is 9.32. The van der Waals surface area contributed by atoms with Crippen LogP contribution in [0.1, 0.15) is 39.5 Å². The van der Waals surface area contributed by atoms with E-state index >= 15 is 0 Å². The summed E-state index contributed by atoms with van der Waals surface area (Å²) in [5.74, 6) is 0.576. The van der Waals surface area contributed by atoms with Crippen molar-refractivity contribution >= 4 is 0 Å². The first kappa shape index (κ1) is 14.9. The minimum absolute atomic E-state index is 0.390. The van der Waals surface area contributed by atoms with Crippen molar-refractivity contribution in [3.63, 3.8) is 0 Å². The van der Waals surface area contributed by atoms with Gasteiger partial charge >= 0.3 is 0 Å². The summed E-state index contributed by atoms with van der Waals surface area (Å²) >= 11 is 0. The van der Waals surface area contributed by atoms with Gasteiger partial charge in [-0.15, -0.1) is 0 Å². The second-order valence-corrected chi connectivity index (χ2v) is 5.20. The molecule has 0 atom stereocenters. The molecule has 0 spiro atoms. The van der Waals surface area contributed by atoms with E-state index in [1.165, 1.54) is 51.9 Å². The van der Waals surface area contributed by atoms with Crippen molar-refractivity contribution in [1.29, 1.82) is 0 Å². The third-order valence-corrected chi connectivity index (χ3v) is 4.11. The molecule has 3 nitrogen and oxygen atoms in total. The van der Waals surface area contributed by atoms with Crippen LogP contribution in [0.4, 0.5) is 0 Å². The zero-order valence-electron chi connectivity index (χ0n) is 11.9. The van der Waals surface area contributed by atoms with Gasteiger partial charge in [-0.3, -0.25) is 0 Å². The number of nitrogens with zero attached hydrogens (tertiary/aromatic N) is 2. The molecule has 0 amide bonds. The molecule has 0 aromatic carbocycles. The van der Waals surface area contributed by atoms with E-state index in [0.29, 0.717) is 12.5 Å². The first-order valence-corrected chi connectivity index (χ1v) is 7.33. The molecular formula is C14H30N2O. The fourth-order valence-electron chi connectivity index (χ4n) is 2.86. The highest BCUT2D eigenvalue weighted by Crippen LogP contribution is 2.22. The van der Waals surface area contributed by atoms with Crippen molar-refractivity contribution in [3.8, 4) is 0 Å². The molecule has 0 aromatic rings. The summed E-state index contributed by atoms with van der Waals surface area (Å²) in [4.78, 5) is 5.08. The maximum Gasteiger partial charge on any atom is 0.0460 e. The second kappa shape index (κ2) is 8.06. The molecular weight excluding hydrogens is 212 g/mol. The highest BCUT2D eigenvalue weighted by atomic mass is 16.3. The molecule has 0 aliphatic carbocycles. The van der Waals surface area contributed by atoms with Gasteiger partial charge in [-0.2, -0.15) is 0 Å². The van der Waals surface area contributed by atoms with Gasteiger partial charge in [-0.25, -0.2) is 0 Å². The van der Waals surface area contributed by atoms with Crippen LogP contribution in [0.2, 0.25) is 0 Å². The van der Waals surface area contributed by atoms with Gasteiger partial charge in [0.25, 0.3) is 0 Å². The molecule has 0 radical (unpaired) electrons. The molecule has 2 saturated heterocycles. The Morgan fingerprint density at radius 2 is 1.47 bits per heavy atom. The van der Waals surface area contributed by atoms with Gasteiger partial charge < -0.3 is 14.9 Å².